The van der Waals surface area contributed by atoms with Crippen LogP contribution in [0, 0.1) is 0 Å². The van der Waals surface area contributed by atoms with Gasteiger partial charge >= 0.3 is 0 Å². The first-order chi connectivity index (χ1) is 13.1. The molecule has 27 heavy (non-hydrogen) atoms. The van der Waals surface area contributed by atoms with E-state index in [1.165, 1.54) is 0 Å². The number of anilines is 2. The van der Waals surface area contributed by atoms with E-state index < -0.39 is 5.41 Å². The Bertz CT molecular complexity index is 1090. The number of aromatic nitrogens is 2. The van der Waals surface area contributed by atoms with Crippen molar-refractivity contribution in [2.75, 3.05) is 10.6 Å². The number of rotatable bonds is 2. The van der Waals surface area contributed by atoms with E-state index in [2.05, 4.69) is 15.7 Å². The standard InChI is InChI=1S/C20H15ClN4O2/c21-13-7-5-12(6-8-13)11-25-18-15(10-22-25)20(9-17(26)24-18)14-3-1-2-4-16(14)23-19(20)27/h1-8,10H,9,11H2,(H,23,27)(H,24,26)/t20-/m0/s1. The van der Waals surface area contributed by atoms with E-state index in [1.807, 2.05) is 48.5 Å². The average molecular weight is 379 g/mol. The van der Waals surface area contributed by atoms with Crippen LogP contribution in [-0.4, -0.2) is 21.6 Å². The van der Waals surface area contributed by atoms with Gasteiger partial charge in [0.2, 0.25) is 11.8 Å². The predicted molar refractivity (Wildman–Crippen MR) is 102 cm³/mol. The molecule has 0 fully saturated rings. The second kappa shape index (κ2) is 5.69. The number of fused-ring (bicyclic) bond motifs is 4. The molecule has 5 rings (SSSR count). The number of hydrogen-bond donors (Lipinski definition) is 2. The van der Waals surface area contributed by atoms with Crippen LogP contribution in [0.3, 0.4) is 0 Å². The van der Waals surface area contributed by atoms with Gasteiger partial charge in [-0.1, -0.05) is 41.9 Å². The van der Waals surface area contributed by atoms with Gasteiger partial charge in [0.05, 0.1) is 12.7 Å². The number of nitrogens with zero attached hydrogens (tertiary/aromatic N) is 2. The Morgan fingerprint density at radius 2 is 1.81 bits per heavy atom. The Morgan fingerprint density at radius 1 is 1.04 bits per heavy atom. The lowest BCUT2D eigenvalue weighted by Crippen LogP contribution is -2.43. The summed E-state index contributed by atoms with van der Waals surface area (Å²) >= 11 is 5.95. The highest BCUT2D eigenvalue weighted by atomic mass is 35.5. The van der Waals surface area contributed by atoms with Crippen molar-refractivity contribution < 1.29 is 9.59 Å². The summed E-state index contributed by atoms with van der Waals surface area (Å²) in [6.07, 6.45) is 1.75. The fourth-order valence-corrected chi connectivity index (χ4v) is 4.11. The van der Waals surface area contributed by atoms with Crippen molar-refractivity contribution >= 4 is 34.9 Å². The van der Waals surface area contributed by atoms with Crippen molar-refractivity contribution in [3.8, 4) is 0 Å². The quantitative estimate of drug-likeness (QED) is 0.719. The van der Waals surface area contributed by atoms with E-state index in [9.17, 15) is 9.59 Å². The van der Waals surface area contributed by atoms with Gasteiger partial charge in [-0.3, -0.25) is 9.59 Å². The van der Waals surface area contributed by atoms with Gasteiger partial charge in [-0.05, 0) is 29.3 Å². The SMILES string of the molecule is O=C1C[C@@]2(C(=O)Nc3ccccc32)c2cnn(Cc3ccc(Cl)cc3)c2N1. The summed E-state index contributed by atoms with van der Waals surface area (Å²) in [4.78, 5) is 25.5. The molecular weight excluding hydrogens is 364 g/mol. The molecule has 3 heterocycles. The number of halogens is 1. The Kier molecular flexibility index (Phi) is 3.39. The van der Waals surface area contributed by atoms with E-state index in [1.54, 1.807) is 10.9 Å². The molecule has 0 bridgehead atoms. The van der Waals surface area contributed by atoms with Crippen molar-refractivity contribution in [2.24, 2.45) is 0 Å². The summed E-state index contributed by atoms with van der Waals surface area (Å²) in [5.74, 6) is 0.172. The lowest BCUT2D eigenvalue weighted by molar-refractivity contribution is -0.125. The third kappa shape index (κ3) is 2.30. The number of amides is 2. The van der Waals surface area contributed by atoms with Gasteiger partial charge in [-0.15, -0.1) is 0 Å². The third-order valence-electron chi connectivity index (χ3n) is 5.25. The minimum Gasteiger partial charge on any atom is -0.325 e. The fourth-order valence-electron chi connectivity index (χ4n) is 3.98. The normalized spacial score (nSPS) is 20.2. The van der Waals surface area contributed by atoms with E-state index in [0.29, 0.717) is 17.4 Å². The van der Waals surface area contributed by atoms with Gasteiger partial charge in [-0.2, -0.15) is 5.10 Å². The van der Waals surface area contributed by atoms with Crippen LogP contribution in [0.25, 0.3) is 0 Å². The lowest BCUT2D eigenvalue weighted by atomic mass is 9.72. The highest BCUT2D eigenvalue weighted by Crippen LogP contribution is 2.49. The molecule has 2 amide bonds. The number of carbonyl (C=O) groups excluding carboxylic acids is 2. The molecule has 0 aliphatic carbocycles. The second-order valence-corrected chi connectivity index (χ2v) is 7.26. The molecule has 6 nitrogen and oxygen atoms in total. The van der Waals surface area contributed by atoms with E-state index >= 15 is 0 Å². The number of para-hydroxylation sites is 1. The van der Waals surface area contributed by atoms with Gasteiger partial charge < -0.3 is 10.6 Å². The number of benzene rings is 2. The predicted octanol–water partition coefficient (Wildman–Crippen LogP) is 3.17. The molecule has 3 aromatic rings. The van der Waals surface area contributed by atoms with E-state index in [4.69, 9.17) is 11.6 Å². The number of hydrogen-bond acceptors (Lipinski definition) is 3. The third-order valence-corrected chi connectivity index (χ3v) is 5.50. The maximum absolute atomic E-state index is 13.0. The summed E-state index contributed by atoms with van der Waals surface area (Å²) in [5.41, 5.74) is 2.24. The van der Waals surface area contributed by atoms with Crippen LogP contribution in [0.4, 0.5) is 11.5 Å². The molecule has 0 saturated carbocycles. The molecule has 1 atom stereocenters. The monoisotopic (exact) mass is 378 g/mol. The first-order valence-corrected chi connectivity index (χ1v) is 8.97. The molecule has 2 aromatic carbocycles. The van der Waals surface area contributed by atoms with Crippen LogP contribution in [0.2, 0.25) is 5.02 Å². The maximum Gasteiger partial charge on any atom is 0.240 e. The molecule has 1 aromatic heterocycles. The van der Waals surface area contributed by atoms with Gasteiger partial charge in [0.15, 0.2) is 0 Å². The molecule has 2 aliphatic heterocycles. The average Bonchev–Trinajstić information content (AvgIpc) is 3.17. The van der Waals surface area contributed by atoms with Gasteiger partial charge in [0, 0.05) is 22.7 Å². The Balaban J connectivity index is 1.64. The summed E-state index contributed by atoms with van der Waals surface area (Å²) in [6.45, 7) is 0.464. The van der Waals surface area contributed by atoms with Gasteiger partial charge in [0.1, 0.15) is 11.2 Å². The smallest absolute Gasteiger partial charge is 0.240 e. The molecule has 2 aliphatic rings. The van der Waals surface area contributed by atoms with Crippen LogP contribution in [0.15, 0.2) is 54.7 Å². The second-order valence-electron chi connectivity index (χ2n) is 6.82. The molecule has 1 spiro atoms. The lowest BCUT2D eigenvalue weighted by Gasteiger charge is -2.31. The molecule has 0 unspecified atom stereocenters. The van der Waals surface area contributed by atoms with Crippen LogP contribution >= 0.6 is 11.6 Å². The van der Waals surface area contributed by atoms with Crippen molar-refractivity contribution in [1.82, 2.24) is 9.78 Å². The maximum atomic E-state index is 13.0. The largest absolute Gasteiger partial charge is 0.325 e. The first-order valence-electron chi connectivity index (χ1n) is 8.59. The zero-order valence-electron chi connectivity index (χ0n) is 14.2. The number of carbonyl (C=O) groups is 2. The topological polar surface area (TPSA) is 76.0 Å². The zero-order valence-corrected chi connectivity index (χ0v) is 15.0. The Labute approximate surface area is 160 Å². The molecular formula is C20H15ClN4O2. The van der Waals surface area contributed by atoms with Gasteiger partial charge in [-0.25, -0.2) is 4.68 Å². The van der Waals surface area contributed by atoms with Crippen molar-refractivity contribution in [2.45, 2.75) is 18.4 Å². The Hall–Kier alpha value is -3.12. The summed E-state index contributed by atoms with van der Waals surface area (Å²) < 4.78 is 1.71. The van der Waals surface area contributed by atoms with E-state index in [0.717, 1.165) is 22.4 Å². The van der Waals surface area contributed by atoms with Crippen LogP contribution in [0.5, 0.6) is 0 Å². The minimum atomic E-state index is -1.04. The first kappa shape index (κ1) is 16.1. The van der Waals surface area contributed by atoms with Gasteiger partial charge in [0.25, 0.3) is 0 Å². The van der Waals surface area contributed by atoms with E-state index in [-0.39, 0.29) is 18.2 Å². The zero-order chi connectivity index (χ0) is 18.6. The van der Waals surface area contributed by atoms with Crippen molar-refractivity contribution in [1.29, 1.82) is 0 Å². The molecule has 2 N–H and O–H groups in total. The summed E-state index contributed by atoms with van der Waals surface area (Å²) in [7, 11) is 0. The Morgan fingerprint density at radius 3 is 2.63 bits per heavy atom. The minimum absolute atomic E-state index is 0.0650. The molecule has 134 valence electrons. The van der Waals surface area contributed by atoms with Crippen LogP contribution in [-0.2, 0) is 21.5 Å². The van der Waals surface area contributed by atoms with Crippen LogP contribution < -0.4 is 10.6 Å². The molecule has 7 heteroatoms. The fraction of sp³-hybridized carbons (Fsp3) is 0.150. The highest BCUT2D eigenvalue weighted by Gasteiger charge is 2.54. The number of nitrogens with one attached hydrogen (secondary N) is 2. The highest BCUT2D eigenvalue weighted by molar-refractivity contribution is 6.30. The van der Waals surface area contributed by atoms with Crippen molar-refractivity contribution in [3.63, 3.8) is 0 Å². The summed E-state index contributed by atoms with van der Waals surface area (Å²) in [5, 5.41) is 10.9. The summed E-state index contributed by atoms with van der Waals surface area (Å²) in [6, 6.07) is 14.9. The molecule has 0 radical (unpaired) electrons. The van der Waals surface area contributed by atoms with Crippen molar-refractivity contribution in [3.05, 3.63) is 76.4 Å². The molecule has 0 saturated heterocycles. The van der Waals surface area contributed by atoms with Crippen LogP contribution in [0.1, 0.15) is 23.1 Å².